The number of amides is 1. The van der Waals surface area contributed by atoms with Gasteiger partial charge in [-0.25, -0.2) is 13.7 Å². The van der Waals surface area contributed by atoms with E-state index in [9.17, 15) is 5.11 Å². The lowest BCUT2D eigenvalue weighted by molar-refractivity contribution is 0.0878. The maximum atomic E-state index is 17.8. The molecule has 20 rings (SSSR count). The van der Waals surface area contributed by atoms with Crippen LogP contribution in [0.3, 0.4) is 0 Å². The first kappa shape index (κ1) is 68.4. The molecule has 1 amide bonds. The number of aromatic nitrogens is 3. The number of halogens is 2. The van der Waals surface area contributed by atoms with E-state index in [1.165, 1.54) is 18.6 Å². The number of aliphatic hydroxyl groups is 1. The first-order chi connectivity index (χ1) is 52.5. The Morgan fingerprint density at radius 3 is 0.955 bits per heavy atom. The zero-order valence-electron chi connectivity index (χ0n) is 64.1. The quantitative estimate of drug-likeness (QED) is 0.0935. The highest BCUT2D eigenvalue weighted by Crippen LogP contribution is 2.62. The molecule has 1 N–H and O–H groups in total. The van der Waals surface area contributed by atoms with Gasteiger partial charge in [0.15, 0.2) is 6.23 Å². The summed E-state index contributed by atoms with van der Waals surface area (Å²) in [6.07, 6.45) is -1.66. The molecule has 0 saturated heterocycles. The number of hydrogen-bond acceptors (Lipinski definition) is 8. The average molecular weight is 1490 g/mol. The fourth-order valence-corrected chi connectivity index (χ4v) is 21.3. The minimum Gasteiger partial charge on any atom is -0.369 e. The van der Waals surface area contributed by atoms with E-state index in [1.807, 2.05) is 131 Å². The van der Waals surface area contributed by atoms with E-state index in [1.54, 1.807) is 18.2 Å². The van der Waals surface area contributed by atoms with Gasteiger partial charge in [0.2, 0.25) is 0 Å². The Balaban J connectivity index is 1.15. The number of carbonyl (C=O) groups excluding carboxylic acids is 1. The van der Waals surface area contributed by atoms with E-state index in [2.05, 4.69) is 83.1 Å². The molecule has 1 atom stereocenters. The highest BCUT2D eigenvalue weighted by atomic mass is 35.5. The summed E-state index contributed by atoms with van der Waals surface area (Å²) in [5.41, 5.74) is 5.56. The lowest BCUT2D eigenvalue weighted by Gasteiger charge is -2.38. The largest absolute Gasteiger partial charge is 0.369 e. The lowest BCUT2D eigenvalue weighted by Crippen LogP contribution is -2.40. The van der Waals surface area contributed by atoms with Crippen LogP contribution >= 0.6 is 23.2 Å². The summed E-state index contributed by atoms with van der Waals surface area (Å²) < 4.78 is 4.08. The predicted molar refractivity (Wildman–Crippen MR) is 458 cm³/mol. The smallest absolute Gasteiger partial charge is 0.266 e. The maximum Gasteiger partial charge on any atom is 0.266 e. The SMILES string of the molecule is CC(C)c1cccc(C(C)C)c1N1C(=O)c2cc(Cl)c3c4c(Cl)cc5c(=O)n(-c6c(C(C)C)cccc6C(C)C)c(=O)c6c5c4c4c5c(cc(c2c35)C1O)c1c2c(=O)n(-c3c(C(C)C)cccc3C(C)C)c(=O)c3ccc5c7ccc8c(=O)n(-c9c(C(C)C)cccc9C(C)C)c(=O)c9cc%10c6c4c1c(c5c32)c%10c7c89. The highest BCUT2D eigenvalue weighted by molar-refractivity contribution is 6.63. The summed E-state index contributed by atoms with van der Waals surface area (Å²) in [6, 6.07) is 38.4. The number of para-hydroxylation sites is 4. The second kappa shape index (κ2) is 22.9. The maximum absolute atomic E-state index is 17.8. The van der Waals surface area contributed by atoms with E-state index in [0.717, 1.165) is 44.5 Å². The number of rotatable bonds is 12. The van der Waals surface area contributed by atoms with Crippen LogP contribution in [0.1, 0.15) is 225 Å². The summed E-state index contributed by atoms with van der Waals surface area (Å²) in [5.74, 6) is -1.64. The standard InChI is InChI=1S/C96H78Cl2N4O8/c1-37(2)45-21-17-22-46(38(3)4)85(45)99-89(103)55-31-29-53-54-30-32-56-69-68(54)78-70-57(33-59(91(99)105)65(55)67(53)70)72-82-80-71-58(73(81(78)82)83(69)95(109)101(90(56)104)87-49(41(9)10)25-19-26-50(87)42(11)12)34-60-66-61(93(107)100(92(60)106)86-47(39(5)6)23-18-24-48(86)40(7)8)35-63(97)75(77(66)71)76-64(98)36-62-74(79(76)80)84(72)96(110)102(94(62)108)88-51(43(13)14)27-20-28-52(88)44(15)16/h17-44,92,106H,1-16H3. The van der Waals surface area contributed by atoms with Crippen molar-refractivity contribution in [3.63, 3.8) is 0 Å². The molecule has 14 heteroatoms. The minimum atomic E-state index is -1.66. The Kier molecular flexibility index (Phi) is 14.2. The van der Waals surface area contributed by atoms with Crippen molar-refractivity contribution in [1.82, 2.24) is 13.7 Å². The van der Waals surface area contributed by atoms with Crippen molar-refractivity contribution < 1.29 is 9.90 Å². The molecule has 19 aromatic rings. The van der Waals surface area contributed by atoms with Gasteiger partial charge in [0.05, 0.1) is 38.9 Å². The fraction of sp³-hybridized carbons (Fsp3) is 0.260. The van der Waals surface area contributed by atoms with Crippen molar-refractivity contribution in [2.24, 2.45) is 0 Å². The van der Waals surface area contributed by atoms with Gasteiger partial charge in [0, 0.05) is 107 Å². The Hall–Kier alpha value is -10.9. The Bertz CT molecular complexity index is 7670. The third-order valence-electron chi connectivity index (χ3n) is 25.3. The number of anilines is 1. The first-order valence-corrected chi connectivity index (χ1v) is 39.5. The molecule has 1 aliphatic rings. The van der Waals surface area contributed by atoms with E-state index in [-0.39, 0.29) is 95.3 Å². The number of nitrogens with zero attached hydrogens (tertiary/aromatic N) is 4. The van der Waals surface area contributed by atoms with Gasteiger partial charge in [-0.1, -0.05) is 219 Å². The summed E-state index contributed by atoms with van der Waals surface area (Å²) >= 11 is 16.2. The van der Waals surface area contributed by atoms with Crippen LogP contribution in [0.25, 0.3) is 168 Å². The molecule has 0 bridgehead atoms. The normalized spacial score (nSPS) is 14.4. The van der Waals surface area contributed by atoms with Crippen molar-refractivity contribution in [2.45, 2.75) is 164 Å². The van der Waals surface area contributed by atoms with Gasteiger partial charge in [-0.15, -0.1) is 0 Å². The Morgan fingerprint density at radius 1 is 0.264 bits per heavy atom. The van der Waals surface area contributed by atoms with Gasteiger partial charge in [0.25, 0.3) is 39.3 Å². The topological polar surface area (TPSA) is 158 Å². The number of hydrogen-bond donors (Lipinski definition) is 1. The van der Waals surface area contributed by atoms with E-state index in [0.29, 0.717) is 147 Å². The number of pyridine rings is 3. The van der Waals surface area contributed by atoms with Crippen molar-refractivity contribution in [2.75, 3.05) is 4.90 Å². The molecule has 110 heavy (non-hydrogen) atoms. The Morgan fingerprint density at radius 2 is 0.536 bits per heavy atom. The first-order valence-electron chi connectivity index (χ1n) is 38.7. The molecule has 0 spiro atoms. The van der Waals surface area contributed by atoms with Crippen molar-refractivity contribution in [1.29, 1.82) is 0 Å². The molecular formula is C96H78Cl2N4O8. The summed E-state index contributed by atoms with van der Waals surface area (Å²) in [4.78, 5) is 120. The van der Waals surface area contributed by atoms with Crippen LogP contribution in [0.15, 0.2) is 150 Å². The number of benzene rings is 16. The fourth-order valence-electron chi connectivity index (χ4n) is 20.7. The third-order valence-corrected chi connectivity index (χ3v) is 25.9. The number of aliphatic hydroxyl groups excluding tert-OH is 1. The Labute approximate surface area is 640 Å². The summed E-state index contributed by atoms with van der Waals surface area (Å²) in [6.45, 7) is 32.9. The van der Waals surface area contributed by atoms with E-state index < -0.39 is 45.5 Å². The van der Waals surface area contributed by atoms with Crippen LogP contribution in [-0.2, 0) is 0 Å². The molecule has 0 radical (unpaired) electrons. The zero-order chi connectivity index (χ0) is 77.1. The summed E-state index contributed by atoms with van der Waals surface area (Å²) in [5, 5.41) is 26.1. The van der Waals surface area contributed by atoms with Crippen molar-refractivity contribution in [3.8, 4) is 17.1 Å². The molecule has 544 valence electrons. The number of carbonyl (C=O) groups is 1. The van der Waals surface area contributed by atoms with Gasteiger partial charge >= 0.3 is 0 Å². The second-order valence-corrected chi connectivity index (χ2v) is 34.7. The molecule has 16 aromatic carbocycles. The molecule has 0 fully saturated rings. The van der Waals surface area contributed by atoms with Crippen LogP contribution in [-0.4, -0.2) is 24.7 Å². The zero-order valence-corrected chi connectivity index (χ0v) is 65.6. The van der Waals surface area contributed by atoms with Gasteiger partial charge < -0.3 is 5.11 Å². The molecular weight excluding hydrogens is 1410 g/mol. The molecule has 12 nitrogen and oxygen atoms in total. The molecule has 4 heterocycles. The molecule has 1 unspecified atom stereocenters. The summed E-state index contributed by atoms with van der Waals surface area (Å²) in [7, 11) is 0. The van der Waals surface area contributed by atoms with Crippen LogP contribution < -0.4 is 38.3 Å². The van der Waals surface area contributed by atoms with E-state index >= 15 is 33.6 Å². The van der Waals surface area contributed by atoms with Crippen molar-refractivity contribution in [3.05, 3.63) is 249 Å². The molecule has 3 aromatic heterocycles. The van der Waals surface area contributed by atoms with Crippen LogP contribution in [0.2, 0.25) is 10.0 Å². The monoisotopic (exact) mass is 1480 g/mol. The number of fused-ring (bicyclic) bond motifs is 6. The van der Waals surface area contributed by atoms with Crippen molar-refractivity contribution >= 4 is 186 Å². The van der Waals surface area contributed by atoms with Gasteiger partial charge in [-0.05, 0) is 177 Å². The second-order valence-electron chi connectivity index (χ2n) is 33.9. The van der Waals surface area contributed by atoms with Crippen LogP contribution in [0, 0.1) is 0 Å². The highest BCUT2D eigenvalue weighted by Gasteiger charge is 2.43. The van der Waals surface area contributed by atoms with Gasteiger partial charge in [-0.2, -0.15) is 0 Å². The third kappa shape index (κ3) is 8.18. The van der Waals surface area contributed by atoms with Crippen LogP contribution in [0.4, 0.5) is 5.69 Å². The average Bonchev–Trinajstić information content (AvgIpc) is 0.635. The van der Waals surface area contributed by atoms with Crippen LogP contribution in [0.5, 0.6) is 0 Å². The molecule has 0 aliphatic carbocycles. The molecule has 0 saturated carbocycles. The molecule has 1 aliphatic heterocycles. The van der Waals surface area contributed by atoms with Gasteiger partial charge in [0.1, 0.15) is 0 Å². The predicted octanol–water partition coefficient (Wildman–Crippen LogP) is 22.8. The van der Waals surface area contributed by atoms with E-state index in [4.69, 9.17) is 23.2 Å². The van der Waals surface area contributed by atoms with Gasteiger partial charge in [-0.3, -0.25) is 38.5 Å². The lowest BCUT2D eigenvalue weighted by atomic mass is 9.73. The minimum absolute atomic E-state index is 0.106.